The van der Waals surface area contributed by atoms with Crippen molar-refractivity contribution in [1.29, 1.82) is 0 Å². The second kappa shape index (κ2) is 4.32. The SMILES string of the molecule is Cc1cn(N(C)c2ccnc(=O)[nH]2)c(=O)nc1N. The molecule has 0 aliphatic carbocycles. The summed E-state index contributed by atoms with van der Waals surface area (Å²) in [5, 5.41) is 1.45. The molecule has 2 aromatic heterocycles. The van der Waals surface area contributed by atoms with E-state index in [0.717, 1.165) is 0 Å². The summed E-state index contributed by atoms with van der Waals surface area (Å²) in [5.41, 5.74) is 5.18. The third kappa shape index (κ3) is 2.08. The first-order valence-electron chi connectivity index (χ1n) is 5.14. The van der Waals surface area contributed by atoms with Crippen LogP contribution in [-0.4, -0.2) is 26.7 Å². The highest BCUT2D eigenvalue weighted by atomic mass is 16.2. The summed E-state index contributed by atoms with van der Waals surface area (Å²) >= 11 is 0. The maximum Gasteiger partial charge on any atom is 0.368 e. The van der Waals surface area contributed by atoms with Gasteiger partial charge in [0.2, 0.25) is 0 Å². The minimum Gasteiger partial charge on any atom is -0.383 e. The number of hydrogen-bond donors (Lipinski definition) is 2. The highest BCUT2D eigenvalue weighted by Gasteiger charge is 2.08. The number of anilines is 2. The zero-order valence-electron chi connectivity index (χ0n) is 9.91. The van der Waals surface area contributed by atoms with E-state index in [1.165, 1.54) is 15.9 Å². The Morgan fingerprint density at radius 2 is 2.17 bits per heavy atom. The van der Waals surface area contributed by atoms with Crippen LogP contribution in [0.3, 0.4) is 0 Å². The topological polar surface area (TPSA) is 110 Å². The van der Waals surface area contributed by atoms with Crippen LogP contribution in [0, 0.1) is 6.92 Å². The smallest absolute Gasteiger partial charge is 0.368 e. The van der Waals surface area contributed by atoms with E-state index in [1.54, 1.807) is 26.2 Å². The number of hydrogen-bond acceptors (Lipinski definition) is 6. The average molecular weight is 248 g/mol. The monoisotopic (exact) mass is 248 g/mol. The lowest BCUT2D eigenvalue weighted by molar-refractivity contribution is 0.694. The van der Waals surface area contributed by atoms with Gasteiger partial charge >= 0.3 is 11.4 Å². The number of rotatable bonds is 2. The molecule has 0 saturated heterocycles. The fourth-order valence-corrected chi connectivity index (χ4v) is 1.43. The molecule has 2 heterocycles. The molecule has 0 aromatic carbocycles. The standard InChI is InChI=1S/C10H12N6O2/c1-6-5-16(10(18)14-8(6)11)15(2)7-3-4-12-9(17)13-7/h3-5H,1-2H3,(H2,11,14,18)(H,12,13,17). The molecule has 94 valence electrons. The van der Waals surface area contributed by atoms with Gasteiger partial charge in [0.05, 0.1) is 0 Å². The lowest BCUT2D eigenvalue weighted by Crippen LogP contribution is -2.38. The second-order valence-electron chi connectivity index (χ2n) is 3.72. The fourth-order valence-electron chi connectivity index (χ4n) is 1.43. The number of aryl methyl sites for hydroxylation is 1. The Hall–Kier alpha value is -2.64. The molecule has 0 fully saturated rings. The average Bonchev–Trinajstić information content (AvgIpc) is 2.33. The molecule has 0 spiro atoms. The summed E-state index contributed by atoms with van der Waals surface area (Å²) in [5.74, 6) is 0.607. The summed E-state index contributed by atoms with van der Waals surface area (Å²) in [7, 11) is 1.62. The number of aromatic nitrogens is 4. The Balaban J connectivity index is 2.52. The van der Waals surface area contributed by atoms with Crippen LogP contribution in [0.25, 0.3) is 0 Å². The first-order valence-corrected chi connectivity index (χ1v) is 5.14. The molecule has 0 aliphatic rings. The van der Waals surface area contributed by atoms with Crippen LogP contribution in [0.2, 0.25) is 0 Å². The lowest BCUT2D eigenvalue weighted by atomic mass is 10.3. The van der Waals surface area contributed by atoms with Gasteiger partial charge in [-0.1, -0.05) is 0 Å². The Bertz CT molecular complexity index is 689. The Morgan fingerprint density at radius 3 is 2.83 bits per heavy atom. The Kier molecular flexibility index (Phi) is 2.84. The van der Waals surface area contributed by atoms with E-state index in [1.807, 2.05) is 0 Å². The van der Waals surface area contributed by atoms with Crippen LogP contribution in [0.15, 0.2) is 28.0 Å². The lowest BCUT2D eigenvalue weighted by Gasteiger charge is -2.20. The van der Waals surface area contributed by atoms with Crippen molar-refractivity contribution in [2.75, 3.05) is 17.8 Å². The molecule has 2 rings (SSSR count). The van der Waals surface area contributed by atoms with Gasteiger partial charge in [-0.25, -0.2) is 19.2 Å². The maximum absolute atomic E-state index is 11.7. The van der Waals surface area contributed by atoms with Crippen LogP contribution in [0.4, 0.5) is 11.6 Å². The van der Waals surface area contributed by atoms with Gasteiger partial charge < -0.3 is 5.73 Å². The third-order valence-corrected chi connectivity index (χ3v) is 2.46. The first-order chi connectivity index (χ1) is 8.49. The Morgan fingerprint density at radius 1 is 1.44 bits per heavy atom. The first kappa shape index (κ1) is 11.8. The van der Waals surface area contributed by atoms with Gasteiger partial charge in [-0.05, 0) is 13.0 Å². The quantitative estimate of drug-likeness (QED) is 0.714. The zero-order valence-corrected chi connectivity index (χ0v) is 9.91. The summed E-state index contributed by atoms with van der Waals surface area (Å²) in [6.45, 7) is 1.74. The predicted octanol–water partition coefficient (Wildman–Crippen LogP) is -0.883. The second-order valence-corrected chi connectivity index (χ2v) is 3.72. The van der Waals surface area contributed by atoms with Crippen molar-refractivity contribution in [3.63, 3.8) is 0 Å². The molecular weight excluding hydrogens is 236 g/mol. The molecule has 0 aliphatic heterocycles. The van der Waals surface area contributed by atoms with Gasteiger partial charge in [0, 0.05) is 25.0 Å². The molecule has 0 saturated carbocycles. The minimum atomic E-state index is -0.529. The summed E-state index contributed by atoms with van der Waals surface area (Å²) < 4.78 is 1.25. The molecule has 0 bridgehead atoms. The Labute approximate surface area is 102 Å². The molecule has 0 radical (unpaired) electrons. The van der Waals surface area contributed by atoms with Gasteiger partial charge in [0.15, 0.2) is 0 Å². The van der Waals surface area contributed by atoms with Gasteiger partial charge in [0.25, 0.3) is 0 Å². The van der Waals surface area contributed by atoms with Crippen molar-refractivity contribution in [1.82, 2.24) is 19.6 Å². The number of nitrogens with one attached hydrogen (secondary N) is 1. The van der Waals surface area contributed by atoms with Gasteiger partial charge in [0.1, 0.15) is 11.6 Å². The van der Waals surface area contributed by atoms with Gasteiger partial charge in [-0.15, -0.1) is 0 Å². The van der Waals surface area contributed by atoms with Crippen molar-refractivity contribution in [2.45, 2.75) is 6.92 Å². The molecule has 3 N–H and O–H groups in total. The molecule has 8 heteroatoms. The van der Waals surface area contributed by atoms with Crippen LogP contribution in [0.5, 0.6) is 0 Å². The van der Waals surface area contributed by atoms with Gasteiger partial charge in [-0.3, -0.25) is 9.99 Å². The molecule has 18 heavy (non-hydrogen) atoms. The van der Waals surface area contributed by atoms with Crippen molar-refractivity contribution >= 4 is 11.6 Å². The van der Waals surface area contributed by atoms with E-state index in [-0.39, 0.29) is 5.82 Å². The van der Waals surface area contributed by atoms with E-state index in [0.29, 0.717) is 11.4 Å². The van der Waals surface area contributed by atoms with E-state index in [4.69, 9.17) is 5.73 Å². The molecule has 0 amide bonds. The molecule has 2 aromatic rings. The number of nitrogens with zero attached hydrogens (tertiary/aromatic N) is 4. The highest BCUT2D eigenvalue weighted by Crippen LogP contribution is 2.07. The maximum atomic E-state index is 11.7. The van der Waals surface area contributed by atoms with Crippen LogP contribution < -0.4 is 22.1 Å². The summed E-state index contributed by atoms with van der Waals surface area (Å²) in [4.78, 5) is 32.5. The number of nitrogen functional groups attached to an aromatic ring is 1. The molecular formula is C10H12N6O2. The van der Waals surface area contributed by atoms with E-state index in [2.05, 4.69) is 15.0 Å². The minimum absolute atomic E-state index is 0.188. The number of aromatic amines is 1. The van der Waals surface area contributed by atoms with Crippen molar-refractivity contribution < 1.29 is 0 Å². The van der Waals surface area contributed by atoms with Crippen molar-refractivity contribution in [2.24, 2.45) is 0 Å². The largest absolute Gasteiger partial charge is 0.383 e. The van der Waals surface area contributed by atoms with E-state index >= 15 is 0 Å². The molecule has 8 nitrogen and oxygen atoms in total. The normalized spacial score (nSPS) is 10.3. The fraction of sp³-hybridized carbons (Fsp3) is 0.200. The number of H-pyrrole nitrogens is 1. The third-order valence-electron chi connectivity index (χ3n) is 2.46. The van der Waals surface area contributed by atoms with Gasteiger partial charge in [-0.2, -0.15) is 4.98 Å². The predicted molar refractivity (Wildman–Crippen MR) is 66.3 cm³/mol. The van der Waals surface area contributed by atoms with Crippen LogP contribution >= 0.6 is 0 Å². The van der Waals surface area contributed by atoms with E-state index < -0.39 is 11.4 Å². The van der Waals surface area contributed by atoms with E-state index in [9.17, 15) is 9.59 Å². The summed E-state index contributed by atoms with van der Waals surface area (Å²) in [6, 6.07) is 1.57. The number of nitrogens with two attached hydrogens (primary N) is 1. The zero-order chi connectivity index (χ0) is 13.3. The summed E-state index contributed by atoms with van der Waals surface area (Å²) in [6.07, 6.45) is 2.90. The van der Waals surface area contributed by atoms with Crippen LogP contribution in [0.1, 0.15) is 5.56 Å². The molecule has 0 atom stereocenters. The highest BCUT2D eigenvalue weighted by molar-refractivity contribution is 5.38. The van der Waals surface area contributed by atoms with Crippen molar-refractivity contribution in [3.05, 3.63) is 45.0 Å². The molecule has 0 unspecified atom stereocenters. The van der Waals surface area contributed by atoms with Crippen molar-refractivity contribution in [3.8, 4) is 0 Å². The van der Waals surface area contributed by atoms with Crippen LogP contribution in [-0.2, 0) is 0 Å².